The molecule has 2 aromatic rings. The number of methoxy groups -OCH3 is 2. The number of nitrogens with one attached hydrogen (secondary N) is 1. The van der Waals surface area contributed by atoms with Crippen LogP contribution >= 0.6 is 11.6 Å². The van der Waals surface area contributed by atoms with Gasteiger partial charge in [0, 0.05) is 5.92 Å². The number of esters is 1. The van der Waals surface area contributed by atoms with E-state index in [1.807, 2.05) is 24.3 Å². The zero-order valence-corrected chi connectivity index (χ0v) is 15.7. The molecule has 1 aromatic carbocycles. The first-order valence-corrected chi connectivity index (χ1v) is 8.69. The van der Waals surface area contributed by atoms with Crippen LogP contribution in [0.3, 0.4) is 0 Å². The van der Waals surface area contributed by atoms with Crippen molar-refractivity contribution >= 4 is 23.4 Å². The van der Waals surface area contributed by atoms with Crippen LogP contribution in [-0.4, -0.2) is 49.4 Å². The molecule has 1 saturated heterocycles. The molecule has 1 aromatic heterocycles. The molecule has 1 aliphatic rings. The summed E-state index contributed by atoms with van der Waals surface area (Å²) in [5, 5.41) is 3.10. The third-order valence-electron chi connectivity index (χ3n) is 4.16. The third-order valence-corrected chi connectivity index (χ3v) is 4.34. The molecule has 1 aliphatic heterocycles. The fourth-order valence-electron chi connectivity index (χ4n) is 2.53. The predicted octanol–water partition coefficient (Wildman–Crippen LogP) is 2.32. The Morgan fingerprint density at radius 1 is 1.33 bits per heavy atom. The lowest BCUT2D eigenvalue weighted by molar-refractivity contribution is -0.147. The summed E-state index contributed by atoms with van der Waals surface area (Å²) < 4.78 is 21.0. The van der Waals surface area contributed by atoms with E-state index in [-0.39, 0.29) is 11.2 Å². The van der Waals surface area contributed by atoms with Gasteiger partial charge in [0.2, 0.25) is 5.28 Å². The second-order valence-corrected chi connectivity index (χ2v) is 6.27. The molecule has 8 nitrogen and oxygen atoms in total. The molecule has 3 rings (SSSR count). The van der Waals surface area contributed by atoms with Crippen molar-refractivity contribution in [1.29, 1.82) is 0 Å². The molecule has 9 heteroatoms. The Bertz CT molecular complexity index is 783. The number of hydrogen-bond acceptors (Lipinski definition) is 8. The van der Waals surface area contributed by atoms with Crippen molar-refractivity contribution in [3.63, 3.8) is 0 Å². The van der Waals surface area contributed by atoms with Crippen LogP contribution in [0.2, 0.25) is 5.28 Å². The van der Waals surface area contributed by atoms with E-state index in [9.17, 15) is 4.79 Å². The maximum Gasteiger partial charge on any atom is 0.328 e. The van der Waals surface area contributed by atoms with Crippen LogP contribution in [0.1, 0.15) is 5.56 Å². The Morgan fingerprint density at radius 2 is 2.07 bits per heavy atom. The van der Waals surface area contributed by atoms with Gasteiger partial charge in [0.15, 0.2) is 11.6 Å². The largest absolute Gasteiger partial charge is 0.497 e. The molecule has 0 radical (unpaired) electrons. The average Bonchev–Trinajstić information content (AvgIpc) is 2.65. The number of anilines is 1. The molecule has 0 saturated carbocycles. The summed E-state index contributed by atoms with van der Waals surface area (Å²) in [7, 11) is 2.95. The first-order valence-electron chi connectivity index (χ1n) is 8.31. The Kier molecular flexibility index (Phi) is 6.31. The summed E-state index contributed by atoms with van der Waals surface area (Å²) in [5.41, 5.74) is 0.939. The Balaban J connectivity index is 1.74. The van der Waals surface area contributed by atoms with Crippen molar-refractivity contribution in [1.82, 2.24) is 9.97 Å². The lowest BCUT2D eigenvalue weighted by Crippen LogP contribution is -2.47. The van der Waals surface area contributed by atoms with E-state index in [1.54, 1.807) is 7.11 Å². The van der Waals surface area contributed by atoms with Crippen molar-refractivity contribution in [3.8, 4) is 11.5 Å². The zero-order valence-electron chi connectivity index (χ0n) is 15.0. The molecule has 1 fully saturated rings. The lowest BCUT2D eigenvalue weighted by atomic mass is 9.98. The summed E-state index contributed by atoms with van der Waals surface area (Å²) in [6, 6.07) is 6.87. The van der Waals surface area contributed by atoms with Gasteiger partial charge in [-0.3, -0.25) is 0 Å². The van der Waals surface area contributed by atoms with Gasteiger partial charge in [-0.15, -0.1) is 0 Å². The normalized spacial score (nSPS) is 14.8. The Morgan fingerprint density at radius 3 is 2.67 bits per heavy atom. The van der Waals surface area contributed by atoms with Gasteiger partial charge in [0.25, 0.3) is 0 Å². The SMILES string of the molecule is COC(=O)C(Nc1nc(Cl)ncc1OCc1ccc(OC)cc1)C1COC1. The van der Waals surface area contributed by atoms with E-state index in [4.69, 9.17) is 30.5 Å². The van der Waals surface area contributed by atoms with Gasteiger partial charge in [0.05, 0.1) is 33.6 Å². The van der Waals surface area contributed by atoms with Crippen molar-refractivity contribution in [2.45, 2.75) is 12.6 Å². The van der Waals surface area contributed by atoms with Crippen LogP contribution in [0.15, 0.2) is 30.5 Å². The maximum absolute atomic E-state index is 12.1. The topological polar surface area (TPSA) is 91.8 Å². The number of benzene rings is 1. The molecule has 0 aliphatic carbocycles. The molecular formula is C18H20ClN3O5. The van der Waals surface area contributed by atoms with Crippen LogP contribution in [0.25, 0.3) is 0 Å². The molecule has 2 heterocycles. The fourth-order valence-corrected chi connectivity index (χ4v) is 2.66. The summed E-state index contributed by atoms with van der Waals surface area (Å²) in [6.07, 6.45) is 1.47. The van der Waals surface area contributed by atoms with Crippen LogP contribution in [-0.2, 0) is 20.9 Å². The van der Waals surface area contributed by atoms with E-state index in [2.05, 4.69) is 15.3 Å². The number of halogens is 1. The van der Waals surface area contributed by atoms with Crippen LogP contribution in [0, 0.1) is 5.92 Å². The highest BCUT2D eigenvalue weighted by molar-refractivity contribution is 6.28. The average molecular weight is 394 g/mol. The number of carbonyl (C=O) groups is 1. The minimum Gasteiger partial charge on any atom is -0.497 e. The van der Waals surface area contributed by atoms with E-state index in [1.165, 1.54) is 13.3 Å². The molecule has 0 amide bonds. The number of aromatic nitrogens is 2. The maximum atomic E-state index is 12.1. The van der Waals surface area contributed by atoms with Gasteiger partial charge in [-0.2, -0.15) is 4.98 Å². The first kappa shape index (κ1) is 19.2. The number of carbonyl (C=O) groups excluding carboxylic acids is 1. The van der Waals surface area contributed by atoms with E-state index in [0.29, 0.717) is 31.4 Å². The van der Waals surface area contributed by atoms with Gasteiger partial charge in [-0.05, 0) is 29.3 Å². The summed E-state index contributed by atoms with van der Waals surface area (Å²) in [5.74, 6) is 1.05. The third kappa shape index (κ3) is 4.78. The Hall–Kier alpha value is -2.58. The monoisotopic (exact) mass is 393 g/mol. The standard InChI is InChI=1S/C18H20ClN3O5/c1-24-13-5-3-11(4-6-13)8-27-14-7-20-18(19)22-16(14)21-15(17(23)25-2)12-9-26-10-12/h3-7,12,15H,8-10H2,1-2H3,(H,20,21,22). The minimum atomic E-state index is -0.613. The van der Waals surface area contributed by atoms with Gasteiger partial charge in [-0.25, -0.2) is 9.78 Å². The molecule has 144 valence electrons. The molecule has 1 atom stereocenters. The quantitative estimate of drug-likeness (QED) is 0.539. The molecule has 27 heavy (non-hydrogen) atoms. The van der Waals surface area contributed by atoms with E-state index >= 15 is 0 Å². The molecule has 0 bridgehead atoms. The Labute approximate surface area is 161 Å². The summed E-state index contributed by atoms with van der Waals surface area (Å²) in [4.78, 5) is 20.2. The van der Waals surface area contributed by atoms with Crippen LogP contribution < -0.4 is 14.8 Å². The number of rotatable bonds is 8. The van der Waals surface area contributed by atoms with Gasteiger partial charge in [0.1, 0.15) is 18.4 Å². The highest BCUT2D eigenvalue weighted by atomic mass is 35.5. The van der Waals surface area contributed by atoms with Crippen molar-refractivity contribution < 1.29 is 23.7 Å². The number of hydrogen-bond donors (Lipinski definition) is 1. The molecule has 1 unspecified atom stereocenters. The van der Waals surface area contributed by atoms with Gasteiger partial charge < -0.3 is 24.3 Å². The number of nitrogens with zero attached hydrogens (tertiary/aromatic N) is 2. The van der Waals surface area contributed by atoms with Crippen molar-refractivity contribution in [2.75, 3.05) is 32.8 Å². The zero-order chi connectivity index (χ0) is 19.2. The summed E-state index contributed by atoms with van der Waals surface area (Å²) >= 11 is 5.92. The number of ether oxygens (including phenoxy) is 4. The summed E-state index contributed by atoms with van der Waals surface area (Å²) in [6.45, 7) is 1.22. The van der Waals surface area contributed by atoms with Gasteiger partial charge in [-0.1, -0.05) is 12.1 Å². The van der Waals surface area contributed by atoms with Crippen molar-refractivity contribution in [3.05, 3.63) is 41.3 Å². The molecule has 1 N–H and O–H groups in total. The second-order valence-electron chi connectivity index (χ2n) is 5.93. The van der Waals surface area contributed by atoms with Crippen LogP contribution in [0.4, 0.5) is 5.82 Å². The van der Waals surface area contributed by atoms with E-state index < -0.39 is 12.0 Å². The predicted molar refractivity (Wildman–Crippen MR) is 98.1 cm³/mol. The highest BCUT2D eigenvalue weighted by Crippen LogP contribution is 2.27. The lowest BCUT2D eigenvalue weighted by Gasteiger charge is -2.32. The highest BCUT2D eigenvalue weighted by Gasteiger charge is 2.35. The fraction of sp³-hybridized carbons (Fsp3) is 0.389. The molecular weight excluding hydrogens is 374 g/mol. The van der Waals surface area contributed by atoms with E-state index in [0.717, 1.165) is 11.3 Å². The van der Waals surface area contributed by atoms with Gasteiger partial charge >= 0.3 is 5.97 Å². The minimum absolute atomic E-state index is 0.0133. The van der Waals surface area contributed by atoms with Crippen molar-refractivity contribution in [2.24, 2.45) is 5.92 Å². The van der Waals surface area contributed by atoms with Crippen LogP contribution in [0.5, 0.6) is 11.5 Å². The first-order chi connectivity index (χ1) is 13.1. The molecule has 0 spiro atoms. The second kappa shape index (κ2) is 8.88. The smallest absolute Gasteiger partial charge is 0.328 e.